The van der Waals surface area contributed by atoms with Gasteiger partial charge in [-0.25, -0.2) is 0 Å². The van der Waals surface area contributed by atoms with E-state index in [4.69, 9.17) is 5.11 Å². The maximum absolute atomic E-state index is 9.00. The summed E-state index contributed by atoms with van der Waals surface area (Å²) >= 11 is 0. The van der Waals surface area contributed by atoms with Crippen molar-refractivity contribution in [1.29, 1.82) is 0 Å². The number of hydrogen-bond donors (Lipinski definition) is 2. The molecule has 0 aromatic carbocycles. The fourth-order valence-electron chi connectivity index (χ4n) is 3.03. The van der Waals surface area contributed by atoms with Crippen molar-refractivity contribution in [3.8, 4) is 0 Å². The van der Waals surface area contributed by atoms with Crippen LogP contribution in [-0.2, 0) is 0 Å². The van der Waals surface area contributed by atoms with Crippen molar-refractivity contribution in [2.75, 3.05) is 19.7 Å². The van der Waals surface area contributed by atoms with Gasteiger partial charge in [0.05, 0.1) is 0 Å². The van der Waals surface area contributed by atoms with Gasteiger partial charge in [0.1, 0.15) is 0 Å². The third-order valence-corrected chi connectivity index (χ3v) is 4.12. The Bertz CT molecular complexity index is 160. The molecule has 0 saturated heterocycles. The molecule has 2 N–H and O–H groups in total. The molecule has 0 heterocycles. The quantitative estimate of drug-likeness (QED) is 0.607. The van der Waals surface area contributed by atoms with Crippen LogP contribution in [0.25, 0.3) is 0 Å². The smallest absolute Gasteiger partial charge is 0.0434 e. The Labute approximate surface area is 107 Å². The predicted molar refractivity (Wildman–Crippen MR) is 74.2 cm³/mol. The zero-order valence-corrected chi connectivity index (χ0v) is 11.6. The summed E-state index contributed by atoms with van der Waals surface area (Å²) in [6, 6.07) is 0. The van der Waals surface area contributed by atoms with Crippen LogP contribution in [0.5, 0.6) is 0 Å². The second-order valence-corrected chi connectivity index (χ2v) is 5.66. The van der Waals surface area contributed by atoms with Crippen molar-refractivity contribution in [3.63, 3.8) is 0 Å². The van der Waals surface area contributed by atoms with Crippen molar-refractivity contribution >= 4 is 0 Å². The molecule has 0 bridgehead atoms. The molecule has 0 aromatic rings. The Morgan fingerprint density at radius 1 is 1.18 bits per heavy atom. The summed E-state index contributed by atoms with van der Waals surface area (Å²) < 4.78 is 0. The van der Waals surface area contributed by atoms with Gasteiger partial charge in [-0.15, -0.1) is 0 Å². The first kappa shape index (κ1) is 15.0. The van der Waals surface area contributed by atoms with Crippen LogP contribution >= 0.6 is 0 Å². The second kappa shape index (κ2) is 9.90. The summed E-state index contributed by atoms with van der Waals surface area (Å²) in [5.41, 5.74) is 0. The molecule has 1 saturated carbocycles. The van der Waals surface area contributed by atoms with Gasteiger partial charge in [-0.1, -0.05) is 45.4 Å². The second-order valence-electron chi connectivity index (χ2n) is 5.66. The van der Waals surface area contributed by atoms with E-state index < -0.39 is 0 Å². The molecule has 102 valence electrons. The number of hydrogen-bond acceptors (Lipinski definition) is 2. The van der Waals surface area contributed by atoms with E-state index in [-0.39, 0.29) is 0 Å². The normalized spacial score (nSPS) is 19.4. The van der Waals surface area contributed by atoms with Crippen molar-refractivity contribution in [2.45, 2.75) is 64.7 Å². The van der Waals surface area contributed by atoms with Gasteiger partial charge in [0, 0.05) is 6.61 Å². The molecule has 0 aromatic heterocycles. The van der Waals surface area contributed by atoms with E-state index in [1.165, 1.54) is 57.9 Å². The lowest BCUT2D eigenvalue weighted by molar-refractivity contribution is 0.246. The molecule has 2 nitrogen and oxygen atoms in total. The van der Waals surface area contributed by atoms with Crippen LogP contribution in [0.15, 0.2) is 0 Å². The molecule has 2 heteroatoms. The Morgan fingerprint density at radius 3 is 2.59 bits per heavy atom. The minimum absolute atomic E-state index is 0.342. The maximum Gasteiger partial charge on any atom is 0.0434 e. The van der Waals surface area contributed by atoms with Crippen LogP contribution in [0.2, 0.25) is 0 Å². The molecule has 17 heavy (non-hydrogen) atoms. The molecule has 1 aliphatic carbocycles. The fraction of sp³-hybridized carbons (Fsp3) is 1.00. The van der Waals surface area contributed by atoms with Crippen molar-refractivity contribution in [3.05, 3.63) is 0 Å². The van der Waals surface area contributed by atoms with Crippen LogP contribution < -0.4 is 5.32 Å². The summed E-state index contributed by atoms with van der Waals surface area (Å²) in [4.78, 5) is 0. The SMILES string of the molecule is CCCC(CCO)CNCCC1CCCCC1. The average molecular weight is 241 g/mol. The van der Waals surface area contributed by atoms with Gasteiger partial charge in [-0.2, -0.15) is 0 Å². The molecule has 0 radical (unpaired) electrons. The van der Waals surface area contributed by atoms with Gasteiger partial charge in [0.15, 0.2) is 0 Å². The van der Waals surface area contributed by atoms with Gasteiger partial charge in [0.25, 0.3) is 0 Å². The number of rotatable bonds is 9. The molecule has 1 unspecified atom stereocenters. The van der Waals surface area contributed by atoms with E-state index in [0.29, 0.717) is 12.5 Å². The average Bonchev–Trinajstić information content (AvgIpc) is 2.36. The highest BCUT2D eigenvalue weighted by Gasteiger charge is 2.13. The number of aliphatic hydroxyl groups is 1. The minimum Gasteiger partial charge on any atom is -0.396 e. The van der Waals surface area contributed by atoms with E-state index >= 15 is 0 Å². The fourth-order valence-corrected chi connectivity index (χ4v) is 3.03. The van der Waals surface area contributed by atoms with Gasteiger partial charge in [-0.3, -0.25) is 0 Å². The van der Waals surface area contributed by atoms with Crippen molar-refractivity contribution < 1.29 is 5.11 Å². The number of nitrogens with one attached hydrogen (secondary N) is 1. The predicted octanol–water partition coefficient (Wildman–Crippen LogP) is 3.35. The van der Waals surface area contributed by atoms with E-state index in [9.17, 15) is 0 Å². The zero-order valence-electron chi connectivity index (χ0n) is 11.6. The highest BCUT2D eigenvalue weighted by Crippen LogP contribution is 2.25. The van der Waals surface area contributed by atoms with Crippen molar-refractivity contribution in [1.82, 2.24) is 5.32 Å². The van der Waals surface area contributed by atoms with Crippen molar-refractivity contribution in [2.24, 2.45) is 11.8 Å². The van der Waals surface area contributed by atoms with Crippen LogP contribution in [0.4, 0.5) is 0 Å². The molecule has 1 fully saturated rings. The Kier molecular flexibility index (Phi) is 8.72. The first-order valence-corrected chi connectivity index (χ1v) is 7.68. The lowest BCUT2D eigenvalue weighted by Gasteiger charge is -2.22. The highest BCUT2D eigenvalue weighted by atomic mass is 16.3. The molecular formula is C15H31NO. The zero-order chi connectivity index (χ0) is 12.3. The lowest BCUT2D eigenvalue weighted by Crippen LogP contribution is -2.26. The van der Waals surface area contributed by atoms with Crippen LogP contribution in [0, 0.1) is 11.8 Å². The van der Waals surface area contributed by atoms with Gasteiger partial charge in [-0.05, 0) is 44.2 Å². The topological polar surface area (TPSA) is 32.3 Å². The Balaban J connectivity index is 2.00. The van der Waals surface area contributed by atoms with E-state index in [1.54, 1.807) is 0 Å². The minimum atomic E-state index is 0.342. The largest absolute Gasteiger partial charge is 0.396 e. The maximum atomic E-state index is 9.00. The molecule has 0 aliphatic heterocycles. The van der Waals surface area contributed by atoms with E-state index in [2.05, 4.69) is 12.2 Å². The number of aliphatic hydroxyl groups excluding tert-OH is 1. The summed E-state index contributed by atoms with van der Waals surface area (Å²) in [5, 5.41) is 12.6. The van der Waals surface area contributed by atoms with E-state index in [0.717, 1.165) is 18.9 Å². The molecule has 1 rings (SSSR count). The summed E-state index contributed by atoms with van der Waals surface area (Å²) in [6.07, 6.45) is 12.1. The first-order chi connectivity index (χ1) is 8.36. The van der Waals surface area contributed by atoms with E-state index in [1.807, 2.05) is 0 Å². The molecular weight excluding hydrogens is 210 g/mol. The molecule has 0 amide bonds. The molecule has 1 aliphatic rings. The van der Waals surface area contributed by atoms with Gasteiger partial charge < -0.3 is 10.4 Å². The van der Waals surface area contributed by atoms with Gasteiger partial charge in [0.2, 0.25) is 0 Å². The highest BCUT2D eigenvalue weighted by molar-refractivity contribution is 4.68. The third kappa shape index (κ3) is 7.05. The Hall–Kier alpha value is -0.0800. The van der Waals surface area contributed by atoms with Crippen LogP contribution in [0.1, 0.15) is 64.7 Å². The standard InChI is InChI=1S/C15H31NO/c1-2-6-15(10-12-17)13-16-11-9-14-7-4-3-5-8-14/h14-17H,2-13H2,1H3. The summed E-state index contributed by atoms with van der Waals surface area (Å²) in [6.45, 7) is 4.85. The Morgan fingerprint density at radius 2 is 1.94 bits per heavy atom. The molecule has 1 atom stereocenters. The van der Waals surface area contributed by atoms with Gasteiger partial charge >= 0.3 is 0 Å². The first-order valence-electron chi connectivity index (χ1n) is 7.68. The summed E-state index contributed by atoms with van der Waals surface area (Å²) in [5.74, 6) is 1.66. The molecule has 0 spiro atoms. The van der Waals surface area contributed by atoms with Crippen LogP contribution in [-0.4, -0.2) is 24.8 Å². The third-order valence-electron chi connectivity index (χ3n) is 4.12. The van der Waals surface area contributed by atoms with Crippen LogP contribution in [0.3, 0.4) is 0 Å². The monoisotopic (exact) mass is 241 g/mol. The summed E-state index contributed by atoms with van der Waals surface area (Å²) in [7, 11) is 0. The lowest BCUT2D eigenvalue weighted by atomic mass is 9.87.